The molecule has 0 aliphatic carbocycles. The molecule has 0 aliphatic heterocycles. The molecule has 4 nitrogen and oxygen atoms in total. The number of nitrogen functional groups attached to an aromatic ring is 1. The van der Waals surface area contributed by atoms with Crippen LogP contribution in [0.2, 0.25) is 0 Å². The van der Waals surface area contributed by atoms with Gasteiger partial charge in [-0.15, -0.1) is 0 Å². The number of aryl methyl sites for hydroxylation is 1. The standard InChI is InChI=1S/C10H8O3S.C7H9N/c11-14(12,13)10-7-3-5-8-4-1-2-6-9(8)10;1-6-4-2-3-5-7(6)8/h1-7H,(H,11,12,13);2-5H,8H2,1H3. The number of hydrogen-bond donors (Lipinski definition) is 2. The largest absolute Gasteiger partial charge is 0.399 e. The number of benzene rings is 3. The van der Waals surface area contributed by atoms with Crippen molar-refractivity contribution in [3.8, 4) is 0 Å². The van der Waals surface area contributed by atoms with Crippen LogP contribution in [0.25, 0.3) is 10.8 Å². The minimum Gasteiger partial charge on any atom is -0.399 e. The maximum absolute atomic E-state index is 11.0. The summed E-state index contributed by atoms with van der Waals surface area (Å²) >= 11 is 0. The third kappa shape index (κ3) is 3.84. The fraction of sp³-hybridized carbons (Fsp3) is 0.0588. The molecule has 0 fully saturated rings. The van der Waals surface area contributed by atoms with E-state index >= 15 is 0 Å². The van der Waals surface area contributed by atoms with E-state index in [0.717, 1.165) is 16.6 Å². The van der Waals surface area contributed by atoms with E-state index < -0.39 is 10.1 Å². The molecule has 3 aromatic rings. The van der Waals surface area contributed by atoms with Gasteiger partial charge in [-0.05, 0) is 30.0 Å². The first-order valence-electron chi connectivity index (χ1n) is 6.66. The molecule has 3 rings (SSSR count). The van der Waals surface area contributed by atoms with Crippen LogP contribution in [-0.2, 0) is 10.1 Å². The average molecular weight is 315 g/mol. The molecular weight excluding hydrogens is 298 g/mol. The van der Waals surface area contributed by atoms with Crippen molar-refractivity contribution in [2.45, 2.75) is 11.8 Å². The highest BCUT2D eigenvalue weighted by Gasteiger charge is 2.12. The SMILES string of the molecule is Cc1ccccc1N.O=S(=O)(O)c1cccc2ccccc12. The first-order chi connectivity index (χ1) is 10.4. The summed E-state index contributed by atoms with van der Waals surface area (Å²) in [5.74, 6) is 0. The minimum atomic E-state index is -4.13. The molecule has 0 spiro atoms. The van der Waals surface area contributed by atoms with Crippen LogP contribution in [0, 0.1) is 6.92 Å². The first kappa shape index (κ1) is 16.0. The predicted molar refractivity (Wildman–Crippen MR) is 89.4 cm³/mol. The molecule has 0 bridgehead atoms. The van der Waals surface area contributed by atoms with Gasteiger partial charge in [-0.25, -0.2) is 0 Å². The molecular formula is C17H17NO3S. The zero-order chi connectivity index (χ0) is 16.2. The summed E-state index contributed by atoms with van der Waals surface area (Å²) in [7, 11) is -4.13. The van der Waals surface area contributed by atoms with E-state index in [1.165, 1.54) is 6.07 Å². The van der Waals surface area contributed by atoms with Crippen LogP contribution in [-0.4, -0.2) is 13.0 Å². The van der Waals surface area contributed by atoms with Gasteiger partial charge in [0.2, 0.25) is 0 Å². The highest BCUT2D eigenvalue weighted by Crippen LogP contribution is 2.22. The Hall–Kier alpha value is -2.37. The van der Waals surface area contributed by atoms with Gasteiger partial charge in [0, 0.05) is 11.1 Å². The lowest BCUT2D eigenvalue weighted by atomic mass is 10.1. The van der Waals surface area contributed by atoms with Crippen LogP contribution in [0.1, 0.15) is 5.56 Å². The van der Waals surface area contributed by atoms with Crippen LogP contribution in [0.5, 0.6) is 0 Å². The highest BCUT2D eigenvalue weighted by molar-refractivity contribution is 7.86. The average Bonchev–Trinajstić information content (AvgIpc) is 2.49. The van der Waals surface area contributed by atoms with Crippen LogP contribution < -0.4 is 5.73 Å². The van der Waals surface area contributed by atoms with E-state index in [9.17, 15) is 8.42 Å². The monoisotopic (exact) mass is 315 g/mol. The van der Waals surface area contributed by atoms with Gasteiger partial charge in [-0.1, -0.05) is 54.6 Å². The minimum absolute atomic E-state index is 0.0457. The van der Waals surface area contributed by atoms with Crippen molar-refractivity contribution in [1.29, 1.82) is 0 Å². The Balaban J connectivity index is 0.000000188. The van der Waals surface area contributed by atoms with Gasteiger partial charge in [0.1, 0.15) is 4.90 Å². The van der Waals surface area contributed by atoms with Crippen molar-refractivity contribution >= 4 is 26.6 Å². The molecule has 0 heterocycles. The van der Waals surface area contributed by atoms with E-state index in [2.05, 4.69) is 0 Å². The van der Waals surface area contributed by atoms with Crippen molar-refractivity contribution < 1.29 is 13.0 Å². The Kier molecular flexibility index (Phi) is 4.80. The normalized spacial score (nSPS) is 10.8. The molecule has 0 aromatic heterocycles. The van der Waals surface area contributed by atoms with E-state index in [1.54, 1.807) is 30.3 Å². The molecule has 22 heavy (non-hydrogen) atoms. The third-order valence-corrected chi connectivity index (χ3v) is 4.13. The molecule has 3 N–H and O–H groups in total. The van der Waals surface area contributed by atoms with Gasteiger partial charge >= 0.3 is 0 Å². The molecule has 114 valence electrons. The molecule has 0 saturated carbocycles. The fourth-order valence-corrected chi connectivity index (χ4v) is 2.72. The van der Waals surface area contributed by atoms with Crippen LogP contribution in [0.4, 0.5) is 5.69 Å². The Morgan fingerprint density at radius 2 is 1.45 bits per heavy atom. The lowest BCUT2D eigenvalue weighted by Gasteiger charge is -2.02. The smallest absolute Gasteiger partial charge is 0.295 e. The summed E-state index contributed by atoms with van der Waals surface area (Å²) in [6, 6.07) is 19.6. The Bertz CT molecular complexity index is 863. The molecule has 0 unspecified atom stereocenters. The maximum Gasteiger partial charge on any atom is 0.295 e. The fourth-order valence-electron chi connectivity index (χ4n) is 2.01. The van der Waals surface area contributed by atoms with Crippen LogP contribution >= 0.6 is 0 Å². The molecule has 0 saturated heterocycles. The van der Waals surface area contributed by atoms with Crippen LogP contribution in [0.15, 0.2) is 71.6 Å². The first-order valence-corrected chi connectivity index (χ1v) is 8.10. The number of fused-ring (bicyclic) bond motifs is 1. The zero-order valence-electron chi connectivity index (χ0n) is 12.1. The lowest BCUT2D eigenvalue weighted by Crippen LogP contribution is -1.98. The van der Waals surface area contributed by atoms with E-state index in [4.69, 9.17) is 10.3 Å². The van der Waals surface area contributed by atoms with Gasteiger partial charge in [-0.2, -0.15) is 8.42 Å². The Labute approximate surface area is 130 Å². The highest BCUT2D eigenvalue weighted by atomic mass is 32.2. The Morgan fingerprint density at radius 1 is 0.864 bits per heavy atom. The predicted octanol–water partition coefficient (Wildman–Crippen LogP) is 3.66. The lowest BCUT2D eigenvalue weighted by molar-refractivity contribution is 0.484. The molecule has 0 radical (unpaired) electrons. The summed E-state index contributed by atoms with van der Waals surface area (Å²) in [6.45, 7) is 2.00. The van der Waals surface area contributed by atoms with Gasteiger partial charge in [0.25, 0.3) is 10.1 Å². The summed E-state index contributed by atoms with van der Waals surface area (Å²) in [5.41, 5.74) is 7.53. The van der Waals surface area contributed by atoms with E-state index in [1.807, 2.05) is 37.3 Å². The van der Waals surface area contributed by atoms with Gasteiger partial charge in [0.15, 0.2) is 0 Å². The Morgan fingerprint density at radius 3 is 2.05 bits per heavy atom. The number of para-hydroxylation sites is 1. The van der Waals surface area contributed by atoms with Crippen molar-refractivity contribution in [2.24, 2.45) is 0 Å². The van der Waals surface area contributed by atoms with Gasteiger partial charge in [-0.3, -0.25) is 4.55 Å². The maximum atomic E-state index is 11.0. The molecule has 0 amide bonds. The zero-order valence-corrected chi connectivity index (χ0v) is 12.9. The number of nitrogens with two attached hydrogens (primary N) is 1. The topological polar surface area (TPSA) is 80.4 Å². The molecule has 0 atom stereocenters. The summed E-state index contributed by atoms with van der Waals surface area (Å²) in [4.78, 5) is -0.0457. The third-order valence-electron chi connectivity index (χ3n) is 3.22. The van der Waals surface area contributed by atoms with Crippen LogP contribution in [0.3, 0.4) is 0 Å². The van der Waals surface area contributed by atoms with Crippen molar-refractivity contribution in [3.05, 3.63) is 72.3 Å². The van der Waals surface area contributed by atoms with E-state index in [-0.39, 0.29) is 4.90 Å². The van der Waals surface area contributed by atoms with Crippen molar-refractivity contribution in [3.63, 3.8) is 0 Å². The number of anilines is 1. The van der Waals surface area contributed by atoms with Gasteiger partial charge in [0.05, 0.1) is 0 Å². The van der Waals surface area contributed by atoms with Gasteiger partial charge < -0.3 is 5.73 Å². The quantitative estimate of drug-likeness (QED) is 0.530. The second kappa shape index (κ2) is 6.60. The second-order valence-electron chi connectivity index (χ2n) is 4.81. The molecule has 0 aliphatic rings. The second-order valence-corrected chi connectivity index (χ2v) is 6.20. The summed E-state index contributed by atoms with van der Waals surface area (Å²) < 4.78 is 31.0. The van der Waals surface area contributed by atoms with Crippen molar-refractivity contribution in [1.82, 2.24) is 0 Å². The molecule has 3 aromatic carbocycles. The number of hydrogen-bond acceptors (Lipinski definition) is 3. The summed E-state index contributed by atoms with van der Waals surface area (Å²) in [6.07, 6.45) is 0. The van der Waals surface area contributed by atoms with Crippen molar-refractivity contribution in [2.75, 3.05) is 5.73 Å². The molecule has 5 heteroatoms. The van der Waals surface area contributed by atoms with E-state index in [0.29, 0.717) is 5.39 Å². The summed E-state index contributed by atoms with van der Waals surface area (Å²) in [5, 5.41) is 1.33. The number of rotatable bonds is 1.